The Morgan fingerprint density at radius 2 is 1.67 bits per heavy atom. The average Bonchev–Trinajstić information content (AvgIpc) is 3.62. The number of oxazole rings is 1. The lowest BCUT2D eigenvalue weighted by molar-refractivity contribution is -0.192. The van der Waals surface area contributed by atoms with Crippen molar-refractivity contribution in [2.75, 3.05) is 37.4 Å². The molecule has 4 N–H and O–H groups in total. The number of rotatable bonds is 13. The minimum Gasteiger partial charge on any atom is -0.496 e. The summed E-state index contributed by atoms with van der Waals surface area (Å²) < 4.78 is 48.4. The highest BCUT2D eigenvalue weighted by atomic mass is 19.4. The Labute approximate surface area is 281 Å². The molecule has 15 heteroatoms. The van der Waals surface area contributed by atoms with Gasteiger partial charge < -0.3 is 34.9 Å². The molecule has 1 atom stereocenters. The van der Waals surface area contributed by atoms with Crippen LogP contribution in [-0.4, -0.2) is 66.0 Å². The van der Waals surface area contributed by atoms with Crippen molar-refractivity contribution in [3.8, 4) is 17.1 Å². The number of ether oxygens (including phenoxy) is 2. The standard InChI is InChI=1S/C32H37N5O5.C2HF3O2/c1-4-16-37(5-2)21-30(24-11-7-6-8-12-24)42-32(39)34-19-23-10-9-13-25(17-23)35-31(38)36-26-14-15-27(28(18-26)40-3)29-20-33-22-41-29;3-2(4,5)1(6)7/h6-15,17-18,20,22,30H,4-5,16,19,21H2,1-3H3,(H,34,39)(H2,35,36,38);(H,6,7). The maximum absolute atomic E-state index is 12.8. The van der Waals surface area contributed by atoms with Crippen LogP contribution in [0.4, 0.5) is 34.1 Å². The van der Waals surface area contributed by atoms with Crippen molar-refractivity contribution in [1.82, 2.24) is 15.2 Å². The molecule has 0 saturated heterocycles. The number of nitrogens with one attached hydrogen (secondary N) is 3. The van der Waals surface area contributed by atoms with Gasteiger partial charge in [0.15, 0.2) is 12.2 Å². The van der Waals surface area contributed by atoms with E-state index in [1.807, 2.05) is 42.5 Å². The summed E-state index contributed by atoms with van der Waals surface area (Å²) in [6.45, 7) is 6.90. The van der Waals surface area contributed by atoms with Gasteiger partial charge in [-0.25, -0.2) is 19.4 Å². The lowest BCUT2D eigenvalue weighted by Gasteiger charge is -2.26. The Kier molecular flexibility index (Phi) is 14.4. The molecule has 0 aliphatic carbocycles. The van der Waals surface area contributed by atoms with Crippen LogP contribution in [0, 0.1) is 0 Å². The minimum absolute atomic E-state index is 0.240. The van der Waals surface area contributed by atoms with Crippen molar-refractivity contribution < 1.29 is 46.6 Å². The first-order chi connectivity index (χ1) is 23.4. The zero-order valence-corrected chi connectivity index (χ0v) is 27.1. The van der Waals surface area contributed by atoms with Crippen molar-refractivity contribution >= 4 is 29.5 Å². The number of carboxylic acid groups (broad SMARTS) is 1. The van der Waals surface area contributed by atoms with E-state index in [1.54, 1.807) is 43.6 Å². The molecule has 1 aromatic heterocycles. The number of likely N-dealkylation sites (N-methyl/N-ethyl adjacent to an activating group) is 1. The molecule has 4 aromatic rings. The number of carbonyl (C=O) groups is 3. The number of benzene rings is 3. The average molecular weight is 686 g/mol. The molecular weight excluding hydrogens is 647 g/mol. The van der Waals surface area contributed by atoms with Crippen LogP contribution in [0.3, 0.4) is 0 Å². The van der Waals surface area contributed by atoms with Crippen LogP contribution in [0.2, 0.25) is 0 Å². The molecule has 3 amide bonds. The van der Waals surface area contributed by atoms with Crippen LogP contribution < -0.4 is 20.7 Å². The number of nitrogens with zero attached hydrogens (tertiary/aromatic N) is 2. The number of alkyl halides is 3. The molecule has 0 spiro atoms. The smallest absolute Gasteiger partial charge is 0.490 e. The molecule has 0 aliphatic heterocycles. The van der Waals surface area contributed by atoms with Gasteiger partial charge in [-0.3, -0.25) is 4.90 Å². The van der Waals surface area contributed by atoms with Crippen LogP contribution in [0.5, 0.6) is 5.75 Å². The van der Waals surface area contributed by atoms with Gasteiger partial charge in [-0.1, -0.05) is 56.3 Å². The maximum Gasteiger partial charge on any atom is 0.490 e. The Balaban J connectivity index is 0.000000838. The zero-order chi connectivity index (χ0) is 35.8. The van der Waals surface area contributed by atoms with Crippen LogP contribution >= 0.6 is 0 Å². The summed E-state index contributed by atoms with van der Waals surface area (Å²) in [5.41, 5.74) is 3.59. The summed E-state index contributed by atoms with van der Waals surface area (Å²) >= 11 is 0. The number of aliphatic carboxylic acids is 1. The molecule has 0 fully saturated rings. The fourth-order valence-electron chi connectivity index (χ4n) is 4.53. The predicted molar refractivity (Wildman–Crippen MR) is 176 cm³/mol. The largest absolute Gasteiger partial charge is 0.496 e. The second kappa shape index (κ2) is 18.7. The third-order valence-electron chi connectivity index (χ3n) is 6.85. The molecule has 3 aromatic carbocycles. The fraction of sp³-hybridized carbons (Fsp3) is 0.294. The Hall–Kier alpha value is -5.57. The van der Waals surface area contributed by atoms with E-state index < -0.39 is 30.4 Å². The number of hydrogen-bond donors (Lipinski definition) is 4. The van der Waals surface area contributed by atoms with Crippen molar-refractivity contribution in [2.45, 2.75) is 39.1 Å². The number of carboxylic acids is 1. The summed E-state index contributed by atoms with van der Waals surface area (Å²) in [5, 5.41) is 15.6. The number of aromatic nitrogens is 1. The first-order valence-corrected chi connectivity index (χ1v) is 15.2. The molecule has 0 bridgehead atoms. The number of alkyl carbamates (subject to hydrolysis) is 1. The second-order valence-electron chi connectivity index (χ2n) is 10.4. The third-order valence-corrected chi connectivity index (χ3v) is 6.85. The molecule has 1 unspecified atom stereocenters. The highest BCUT2D eigenvalue weighted by molar-refractivity contribution is 6.00. The minimum atomic E-state index is -5.08. The van der Waals surface area contributed by atoms with E-state index in [1.165, 1.54) is 6.39 Å². The van der Waals surface area contributed by atoms with Crippen molar-refractivity contribution in [1.29, 1.82) is 0 Å². The zero-order valence-electron chi connectivity index (χ0n) is 27.1. The number of anilines is 2. The van der Waals surface area contributed by atoms with Gasteiger partial charge in [0.05, 0.1) is 18.9 Å². The van der Waals surface area contributed by atoms with E-state index in [2.05, 4.69) is 39.7 Å². The summed E-state index contributed by atoms with van der Waals surface area (Å²) in [7, 11) is 1.54. The summed E-state index contributed by atoms with van der Waals surface area (Å²) in [4.78, 5) is 40.6. The van der Waals surface area contributed by atoms with Crippen LogP contribution in [0.1, 0.15) is 37.5 Å². The monoisotopic (exact) mass is 685 g/mol. The Morgan fingerprint density at radius 1 is 0.980 bits per heavy atom. The number of hydrogen-bond acceptors (Lipinski definition) is 8. The van der Waals surface area contributed by atoms with Crippen molar-refractivity contribution in [3.63, 3.8) is 0 Å². The van der Waals surface area contributed by atoms with Crippen molar-refractivity contribution in [2.24, 2.45) is 0 Å². The van der Waals surface area contributed by atoms with E-state index in [0.29, 0.717) is 29.4 Å². The molecule has 1 heterocycles. The predicted octanol–water partition coefficient (Wildman–Crippen LogP) is 7.33. The van der Waals surface area contributed by atoms with Crippen molar-refractivity contribution in [3.05, 3.63) is 96.5 Å². The highest BCUT2D eigenvalue weighted by Gasteiger charge is 2.38. The van der Waals surface area contributed by atoms with E-state index in [4.69, 9.17) is 23.8 Å². The number of carbonyl (C=O) groups excluding carboxylic acids is 2. The Bertz CT molecular complexity index is 1640. The number of amides is 3. The van der Waals surface area contributed by atoms with E-state index in [0.717, 1.165) is 36.2 Å². The molecule has 0 aliphatic rings. The maximum atomic E-state index is 12.8. The van der Waals surface area contributed by atoms with Gasteiger partial charge in [0.2, 0.25) is 0 Å². The third kappa shape index (κ3) is 12.5. The first kappa shape index (κ1) is 37.9. The van der Waals surface area contributed by atoms with Gasteiger partial charge in [-0.2, -0.15) is 13.2 Å². The van der Waals surface area contributed by atoms with Crippen LogP contribution in [0.25, 0.3) is 11.3 Å². The highest BCUT2D eigenvalue weighted by Crippen LogP contribution is 2.32. The van der Waals surface area contributed by atoms with E-state index >= 15 is 0 Å². The molecule has 4 rings (SSSR count). The molecule has 0 saturated carbocycles. The quantitative estimate of drug-likeness (QED) is 0.113. The summed E-state index contributed by atoms with van der Waals surface area (Å²) in [6.07, 6.45) is -2.02. The van der Waals surface area contributed by atoms with E-state index in [9.17, 15) is 22.8 Å². The van der Waals surface area contributed by atoms with Gasteiger partial charge in [0, 0.05) is 30.5 Å². The topological polar surface area (TPSA) is 155 Å². The second-order valence-corrected chi connectivity index (χ2v) is 10.4. The Morgan fingerprint density at radius 3 is 2.27 bits per heavy atom. The molecule has 49 heavy (non-hydrogen) atoms. The van der Waals surface area contributed by atoms with Gasteiger partial charge in [0.1, 0.15) is 11.9 Å². The van der Waals surface area contributed by atoms with Crippen LogP contribution in [0.15, 0.2) is 89.8 Å². The SMILES string of the molecule is CCCN(CC)CC(OC(=O)NCc1cccc(NC(=O)Nc2ccc(-c3cnco3)c(OC)c2)c1)c1ccccc1.O=C(O)C(F)(F)F. The summed E-state index contributed by atoms with van der Waals surface area (Å²) in [5.74, 6) is -1.66. The molecule has 12 nitrogen and oxygen atoms in total. The number of urea groups is 1. The van der Waals surface area contributed by atoms with Gasteiger partial charge in [0.25, 0.3) is 0 Å². The molecule has 0 radical (unpaired) electrons. The molecule has 262 valence electrons. The first-order valence-electron chi connectivity index (χ1n) is 15.2. The lowest BCUT2D eigenvalue weighted by Crippen LogP contribution is -2.33. The van der Waals surface area contributed by atoms with Gasteiger partial charge in [-0.15, -0.1) is 0 Å². The van der Waals surface area contributed by atoms with Gasteiger partial charge in [-0.05, 0) is 54.9 Å². The fourth-order valence-corrected chi connectivity index (χ4v) is 4.53. The molecular formula is C34H38F3N5O7. The van der Waals surface area contributed by atoms with E-state index in [-0.39, 0.29) is 6.54 Å². The number of halogens is 3. The lowest BCUT2D eigenvalue weighted by atomic mass is 10.1. The number of methoxy groups -OCH3 is 1. The summed E-state index contributed by atoms with van der Waals surface area (Å²) in [6, 6.07) is 21.8. The van der Waals surface area contributed by atoms with Gasteiger partial charge >= 0.3 is 24.3 Å². The van der Waals surface area contributed by atoms with Crippen LogP contribution in [-0.2, 0) is 16.1 Å². The normalized spacial score (nSPS) is 11.5.